The van der Waals surface area contributed by atoms with Crippen LogP contribution in [0.15, 0.2) is 72.1 Å². The van der Waals surface area contributed by atoms with Gasteiger partial charge in [0, 0.05) is 29.7 Å². The first-order chi connectivity index (χ1) is 15.6. The summed E-state index contributed by atoms with van der Waals surface area (Å²) in [4.78, 5) is 28.7. The molecule has 0 bridgehead atoms. The van der Waals surface area contributed by atoms with Gasteiger partial charge in [0.1, 0.15) is 0 Å². The highest BCUT2D eigenvalue weighted by Gasteiger charge is 2.24. The number of amides is 2. The van der Waals surface area contributed by atoms with Gasteiger partial charge in [-0.05, 0) is 48.9 Å². The highest BCUT2D eigenvalue weighted by atomic mass is 32.1. The van der Waals surface area contributed by atoms with Crippen molar-refractivity contribution in [2.45, 2.75) is 38.3 Å². The van der Waals surface area contributed by atoms with Crippen LogP contribution in [0.4, 0.5) is 5.69 Å². The minimum absolute atomic E-state index is 0.0664. The fourth-order valence-corrected chi connectivity index (χ4v) is 4.86. The molecule has 166 valence electrons. The smallest absolute Gasteiger partial charge is 0.253 e. The van der Waals surface area contributed by atoms with E-state index in [1.807, 2.05) is 79.0 Å². The molecule has 2 N–H and O–H groups in total. The average molecular weight is 448 g/mol. The molecule has 1 unspecified atom stereocenters. The standard InChI is InChI=1S/C26H29N3O2S/c1-19(20-8-3-2-4-9-20)27-26(31)23-11-5-6-12-24(23)29-15-13-21(14-16-29)28-25(30)18-22-10-7-17-32-22/h2-12,17,19,21H,13-16,18H2,1H3,(H,27,31)(H,28,30). The van der Waals surface area contributed by atoms with E-state index in [4.69, 9.17) is 0 Å². The Morgan fingerprint density at radius 2 is 1.72 bits per heavy atom. The first-order valence-corrected chi connectivity index (χ1v) is 12.0. The van der Waals surface area contributed by atoms with Crippen LogP contribution in [-0.4, -0.2) is 30.9 Å². The summed E-state index contributed by atoms with van der Waals surface area (Å²) in [7, 11) is 0. The van der Waals surface area contributed by atoms with Crippen LogP contribution in [0.25, 0.3) is 0 Å². The largest absolute Gasteiger partial charge is 0.371 e. The van der Waals surface area contributed by atoms with E-state index < -0.39 is 0 Å². The quantitative estimate of drug-likeness (QED) is 0.558. The van der Waals surface area contributed by atoms with Gasteiger partial charge in [0.2, 0.25) is 5.91 Å². The number of nitrogens with zero attached hydrogens (tertiary/aromatic N) is 1. The number of anilines is 1. The van der Waals surface area contributed by atoms with Crippen molar-refractivity contribution in [2.24, 2.45) is 0 Å². The Bertz CT molecular complexity index is 1030. The van der Waals surface area contributed by atoms with Crippen LogP contribution >= 0.6 is 11.3 Å². The lowest BCUT2D eigenvalue weighted by molar-refractivity contribution is -0.121. The zero-order chi connectivity index (χ0) is 22.3. The Labute approximate surface area is 193 Å². The molecule has 32 heavy (non-hydrogen) atoms. The number of hydrogen-bond acceptors (Lipinski definition) is 4. The van der Waals surface area contributed by atoms with Crippen molar-refractivity contribution in [3.8, 4) is 0 Å². The predicted octanol–water partition coefficient (Wildman–Crippen LogP) is 4.57. The zero-order valence-electron chi connectivity index (χ0n) is 18.3. The number of hydrogen-bond donors (Lipinski definition) is 2. The molecule has 1 saturated heterocycles. The zero-order valence-corrected chi connectivity index (χ0v) is 19.1. The van der Waals surface area contributed by atoms with Crippen LogP contribution in [0.3, 0.4) is 0 Å². The van der Waals surface area contributed by atoms with Gasteiger partial charge in [-0.3, -0.25) is 9.59 Å². The third-order valence-electron chi connectivity index (χ3n) is 5.91. The summed E-state index contributed by atoms with van der Waals surface area (Å²) in [5.74, 6) is 0.0175. The van der Waals surface area contributed by atoms with Crippen molar-refractivity contribution >= 4 is 28.8 Å². The van der Waals surface area contributed by atoms with E-state index in [-0.39, 0.29) is 23.9 Å². The summed E-state index contributed by atoms with van der Waals surface area (Å²) >= 11 is 1.61. The maximum Gasteiger partial charge on any atom is 0.253 e. The molecule has 1 aliphatic heterocycles. The van der Waals surface area contributed by atoms with Gasteiger partial charge in [-0.1, -0.05) is 48.5 Å². The van der Waals surface area contributed by atoms with Crippen LogP contribution in [0.2, 0.25) is 0 Å². The predicted molar refractivity (Wildman–Crippen MR) is 130 cm³/mol. The number of carbonyl (C=O) groups is 2. The van der Waals surface area contributed by atoms with Crippen molar-refractivity contribution in [1.82, 2.24) is 10.6 Å². The summed E-state index contributed by atoms with van der Waals surface area (Å²) in [5.41, 5.74) is 2.72. The van der Waals surface area contributed by atoms with Crippen molar-refractivity contribution in [1.29, 1.82) is 0 Å². The van der Waals surface area contributed by atoms with Crippen LogP contribution < -0.4 is 15.5 Å². The van der Waals surface area contributed by atoms with Crippen LogP contribution in [0.1, 0.15) is 46.6 Å². The lowest BCUT2D eigenvalue weighted by atomic mass is 10.0. The number of piperidine rings is 1. The van der Waals surface area contributed by atoms with Crippen LogP contribution in [0.5, 0.6) is 0 Å². The fraction of sp³-hybridized carbons (Fsp3) is 0.308. The summed E-state index contributed by atoms with van der Waals surface area (Å²) in [6.45, 7) is 3.62. The minimum atomic E-state index is -0.0685. The number of para-hydroxylation sites is 1. The van der Waals surface area contributed by atoms with Crippen molar-refractivity contribution in [3.05, 3.63) is 88.1 Å². The van der Waals surface area contributed by atoms with E-state index in [1.54, 1.807) is 11.3 Å². The molecule has 2 heterocycles. The molecule has 6 heteroatoms. The van der Waals surface area contributed by atoms with E-state index >= 15 is 0 Å². The second-order valence-corrected chi connectivity index (χ2v) is 9.24. The second-order valence-electron chi connectivity index (χ2n) is 8.21. The Balaban J connectivity index is 1.35. The van der Waals surface area contributed by atoms with Gasteiger partial charge >= 0.3 is 0 Å². The van der Waals surface area contributed by atoms with Gasteiger partial charge in [0.25, 0.3) is 5.91 Å². The van der Waals surface area contributed by atoms with Gasteiger partial charge in [-0.25, -0.2) is 0 Å². The van der Waals surface area contributed by atoms with Gasteiger partial charge < -0.3 is 15.5 Å². The number of nitrogens with one attached hydrogen (secondary N) is 2. The summed E-state index contributed by atoms with van der Waals surface area (Å²) in [5, 5.41) is 8.29. The molecule has 1 aromatic heterocycles. The third-order valence-corrected chi connectivity index (χ3v) is 6.79. The Kier molecular flexibility index (Phi) is 7.22. The van der Waals surface area contributed by atoms with Crippen molar-refractivity contribution < 1.29 is 9.59 Å². The maximum atomic E-state index is 13.1. The Morgan fingerprint density at radius 3 is 2.44 bits per heavy atom. The van der Waals surface area contributed by atoms with Crippen molar-refractivity contribution in [3.63, 3.8) is 0 Å². The van der Waals surface area contributed by atoms with Crippen molar-refractivity contribution in [2.75, 3.05) is 18.0 Å². The van der Waals surface area contributed by atoms with E-state index in [0.29, 0.717) is 12.0 Å². The number of rotatable bonds is 7. The van der Waals surface area contributed by atoms with Gasteiger partial charge in [-0.2, -0.15) is 0 Å². The third kappa shape index (κ3) is 5.56. The first kappa shape index (κ1) is 22.1. The number of benzene rings is 2. The highest BCUT2D eigenvalue weighted by molar-refractivity contribution is 7.10. The topological polar surface area (TPSA) is 61.4 Å². The number of thiophene rings is 1. The molecule has 3 aromatic rings. The second kappa shape index (κ2) is 10.5. The fourth-order valence-electron chi connectivity index (χ4n) is 4.16. The molecule has 1 fully saturated rings. The molecule has 2 aromatic carbocycles. The Hall–Kier alpha value is -3.12. The van der Waals surface area contributed by atoms with Crippen LogP contribution in [0, 0.1) is 0 Å². The molecular formula is C26H29N3O2S. The van der Waals surface area contributed by atoms with E-state index in [1.165, 1.54) is 0 Å². The molecule has 1 aliphatic rings. The molecule has 2 amide bonds. The van der Waals surface area contributed by atoms with Crippen LogP contribution in [-0.2, 0) is 11.2 Å². The van der Waals surface area contributed by atoms with E-state index in [2.05, 4.69) is 15.5 Å². The molecular weight excluding hydrogens is 418 g/mol. The first-order valence-electron chi connectivity index (χ1n) is 11.1. The lowest BCUT2D eigenvalue weighted by Gasteiger charge is -2.35. The van der Waals surface area contributed by atoms with E-state index in [0.717, 1.165) is 42.1 Å². The highest BCUT2D eigenvalue weighted by Crippen LogP contribution is 2.25. The van der Waals surface area contributed by atoms with Gasteiger partial charge in [0.15, 0.2) is 0 Å². The maximum absolute atomic E-state index is 13.1. The SMILES string of the molecule is CC(NC(=O)c1ccccc1N1CCC(NC(=O)Cc2cccs2)CC1)c1ccccc1. The minimum Gasteiger partial charge on any atom is -0.371 e. The molecule has 4 rings (SSSR count). The molecule has 5 nitrogen and oxygen atoms in total. The molecule has 1 atom stereocenters. The molecule has 0 radical (unpaired) electrons. The van der Waals surface area contributed by atoms with E-state index in [9.17, 15) is 9.59 Å². The molecule has 0 saturated carbocycles. The average Bonchev–Trinajstić information content (AvgIpc) is 3.33. The van der Waals surface area contributed by atoms with Gasteiger partial charge in [-0.15, -0.1) is 11.3 Å². The Morgan fingerprint density at radius 1 is 1.00 bits per heavy atom. The van der Waals surface area contributed by atoms with Gasteiger partial charge in [0.05, 0.1) is 18.0 Å². The summed E-state index contributed by atoms with van der Waals surface area (Å²) < 4.78 is 0. The monoisotopic (exact) mass is 447 g/mol. The molecule has 0 aliphatic carbocycles. The summed E-state index contributed by atoms with van der Waals surface area (Å²) in [6, 6.07) is 21.8. The number of carbonyl (C=O) groups excluding carboxylic acids is 2. The molecule has 0 spiro atoms. The summed E-state index contributed by atoms with van der Waals surface area (Å²) in [6.07, 6.45) is 2.18. The lowest BCUT2D eigenvalue weighted by Crippen LogP contribution is -2.45. The normalized spacial score (nSPS) is 15.2.